The van der Waals surface area contributed by atoms with Crippen LogP contribution in [0.4, 0.5) is 4.39 Å². The molecular formula is C10H8FO. The SMILES string of the molecule is [CH2]Cc1coc2cc(F)ccc12. The Morgan fingerprint density at radius 3 is 3.00 bits per heavy atom. The summed E-state index contributed by atoms with van der Waals surface area (Å²) in [6.45, 7) is 3.75. The lowest BCUT2D eigenvalue weighted by Gasteiger charge is -1.90. The second kappa shape index (κ2) is 2.63. The Balaban J connectivity index is 2.73. The van der Waals surface area contributed by atoms with Gasteiger partial charge in [-0.1, -0.05) is 0 Å². The van der Waals surface area contributed by atoms with Crippen LogP contribution in [0, 0.1) is 12.7 Å². The summed E-state index contributed by atoms with van der Waals surface area (Å²) in [5.41, 5.74) is 1.61. The number of benzene rings is 1. The topological polar surface area (TPSA) is 13.1 Å². The highest BCUT2D eigenvalue weighted by molar-refractivity contribution is 5.81. The van der Waals surface area contributed by atoms with Crippen LogP contribution in [0.25, 0.3) is 11.0 Å². The van der Waals surface area contributed by atoms with Gasteiger partial charge in [-0.25, -0.2) is 4.39 Å². The van der Waals surface area contributed by atoms with E-state index in [2.05, 4.69) is 6.92 Å². The number of hydrogen-bond acceptors (Lipinski definition) is 1. The van der Waals surface area contributed by atoms with Crippen LogP contribution in [0.1, 0.15) is 5.56 Å². The lowest BCUT2D eigenvalue weighted by Crippen LogP contribution is -1.76. The smallest absolute Gasteiger partial charge is 0.137 e. The minimum Gasteiger partial charge on any atom is -0.464 e. The molecule has 0 aliphatic rings. The molecule has 0 aliphatic heterocycles. The zero-order chi connectivity index (χ0) is 8.55. The summed E-state index contributed by atoms with van der Waals surface area (Å²) in [4.78, 5) is 0. The molecule has 0 atom stereocenters. The quantitative estimate of drug-likeness (QED) is 0.630. The van der Waals surface area contributed by atoms with Gasteiger partial charge in [-0.15, -0.1) is 0 Å². The lowest BCUT2D eigenvalue weighted by molar-refractivity contribution is 0.596. The van der Waals surface area contributed by atoms with Crippen LogP contribution in [0.15, 0.2) is 28.9 Å². The van der Waals surface area contributed by atoms with Gasteiger partial charge < -0.3 is 4.42 Å². The van der Waals surface area contributed by atoms with Gasteiger partial charge in [-0.3, -0.25) is 0 Å². The van der Waals surface area contributed by atoms with Crippen molar-refractivity contribution in [1.29, 1.82) is 0 Å². The first-order valence-corrected chi connectivity index (χ1v) is 3.76. The van der Waals surface area contributed by atoms with Gasteiger partial charge in [0.25, 0.3) is 0 Å². The van der Waals surface area contributed by atoms with Gasteiger partial charge in [0, 0.05) is 11.5 Å². The Morgan fingerprint density at radius 2 is 2.25 bits per heavy atom. The molecule has 0 saturated heterocycles. The summed E-state index contributed by atoms with van der Waals surface area (Å²) in [7, 11) is 0. The predicted molar refractivity (Wildman–Crippen MR) is 45.2 cm³/mol. The van der Waals surface area contributed by atoms with Crippen LogP contribution in [0.3, 0.4) is 0 Å². The van der Waals surface area contributed by atoms with Gasteiger partial charge in [0.2, 0.25) is 0 Å². The molecule has 0 spiro atoms. The third-order valence-electron chi connectivity index (χ3n) is 1.89. The van der Waals surface area contributed by atoms with Crippen LogP contribution < -0.4 is 0 Å². The van der Waals surface area contributed by atoms with E-state index in [0.717, 1.165) is 10.9 Å². The maximum atomic E-state index is 12.7. The maximum absolute atomic E-state index is 12.7. The molecule has 1 aromatic carbocycles. The Morgan fingerprint density at radius 1 is 1.42 bits per heavy atom. The van der Waals surface area contributed by atoms with E-state index in [1.54, 1.807) is 12.3 Å². The van der Waals surface area contributed by atoms with Gasteiger partial charge in [-0.2, -0.15) is 0 Å². The van der Waals surface area contributed by atoms with E-state index in [1.807, 2.05) is 0 Å². The van der Waals surface area contributed by atoms with Crippen LogP contribution in [0.2, 0.25) is 0 Å². The molecule has 0 amide bonds. The van der Waals surface area contributed by atoms with Crippen molar-refractivity contribution in [3.63, 3.8) is 0 Å². The monoisotopic (exact) mass is 163 g/mol. The summed E-state index contributed by atoms with van der Waals surface area (Å²) >= 11 is 0. The molecule has 0 fully saturated rings. The Kier molecular flexibility index (Phi) is 1.61. The fraction of sp³-hybridized carbons (Fsp3) is 0.100. The summed E-state index contributed by atoms with van der Waals surface area (Å²) in [5.74, 6) is -0.271. The molecule has 1 radical (unpaired) electrons. The molecule has 0 unspecified atom stereocenters. The molecule has 12 heavy (non-hydrogen) atoms. The van der Waals surface area contributed by atoms with Crippen LogP contribution in [0.5, 0.6) is 0 Å². The number of hydrogen-bond donors (Lipinski definition) is 0. The highest BCUT2D eigenvalue weighted by atomic mass is 19.1. The summed E-state index contributed by atoms with van der Waals surface area (Å²) in [6, 6.07) is 4.53. The van der Waals surface area contributed by atoms with E-state index in [-0.39, 0.29) is 5.82 Å². The van der Waals surface area contributed by atoms with Gasteiger partial charge in [-0.05, 0) is 31.0 Å². The molecular weight excluding hydrogens is 155 g/mol. The van der Waals surface area contributed by atoms with E-state index >= 15 is 0 Å². The maximum Gasteiger partial charge on any atom is 0.137 e. The normalized spacial score (nSPS) is 10.8. The molecule has 2 heteroatoms. The van der Waals surface area contributed by atoms with Crippen molar-refractivity contribution in [2.45, 2.75) is 6.42 Å². The van der Waals surface area contributed by atoms with Crippen molar-refractivity contribution in [2.24, 2.45) is 0 Å². The van der Waals surface area contributed by atoms with Crippen LogP contribution in [-0.4, -0.2) is 0 Å². The zero-order valence-corrected chi connectivity index (χ0v) is 6.51. The number of rotatable bonds is 1. The molecule has 1 heterocycles. The molecule has 0 saturated carbocycles. The second-order valence-electron chi connectivity index (χ2n) is 2.65. The molecule has 1 aromatic heterocycles. The molecule has 1 nitrogen and oxygen atoms in total. The lowest BCUT2D eigenvalue weighted by atomic mass is 10.1. The first kappa shape index (κ1) is 7.35. The molecule has 0 N–H and O–H groups in total. The van der Waals surface area contributed by atoms with Crippen molar-refractivity contribution in [2.75, 3.05) is 0 Å². The van der Waals surface area contributed by atoms with Crippen molar-refractivity contribution < 1.29 is 8.81 Å². The number of halogens is 1. The van der Waals surface area contributed by atoms with Crippen molar-refractivity contribution in [1.82, 2.24) is 0 Å². The fourth-order valence-corrected chi connectivity index (χ4v) is 1.25. The van der Waals surface area contributed by atoms with Crippen molar-refractivity contribution >= 4 is 11.0 Å². The number of fused-ring (bicyclic) bond motifs is 1. The highest BCUT2D eigenvalue weighted by Gasteiger charge is 2.03. The first-order valence-electron chi connectivity index (χ1n) is 3.76. The summed E-state index contributed by atoms with van der Waals surface area (Å²) in [5, 5.41) is 0.950. The van der Waals surface area contributed by atoms with Crippen LogP contribution >= 0.6 is 0 Å². The Hall–Kier alpha value is -1.31. The van der Waals surface area contributed by atoms with E-state index in [4.69, 9.17) is 4.42 Å². The molecule has 2 aromatic rings. The van der Waals surface area contributed by atoms with E-state index in [0.29, 0.717) is 12.0 Å². The Labute approximate surface area is 69.8 Å². The van der Waals surface area contributed by atoms with Crippen molar-refractivity contribution in [3.05, 3.63) is 42.8 Å². The summed E-state index contributed by atoms with van der Waals surface area (Å²) < 4.78 is 17.8. The van der Waals surface area contributed by atoms with Gasteiger partial charge in [0.1, 0.15) is 11.4 Å². The van der Waals surface area contributed by atoms with E-state index in [9.17, 15) is 4.39 Å². The zero-order valence-electron chi connectivity index (χ0n) is 6.51. The number of furan rings is 1. The minimum absolute atomic E-state index is 0.271. The average Bonchev–Trinajstić information content (AvgIpc) is 2.46. The summed E-state index contributed by atoms with van der Waals surface area (Å²) in [6.07, 6.45) is 2.29. The van der Waals surface area contributed by atoms with E-state index in [1.165, 1.54) is 12.1 Å². The van der Waals surface area contributed by atoms with Gasteiger partial charge in [0.15, 0.2) is 0 Å². The second-order valence-corrected chi connectivity index (χ2v) is 2.65. The van der Waals surface area contributed by atoms with E-state index < -0.39 is 0 Å². The third-order valence-corrected chi connectivity index (χ3v) is 1.89. The largest absolute Gasteiger partial charge is 0.464 e. The predicted octanol–water partition coefficient (Wildman–Crippen LogP) is 2.95. The minimum atomic E-state index is -0.271. The van der Waals surface area contributed by atoms with Gasteiger partial charge in [0.05, 0.1) is 6.26 Å². The standard InChI is InChI=1S/C10H8FO/c1-2-7-6-12-10-5-8(11)3-4-9(7)10/h3-6H,1-2H2. The average molecular weight is 163 g/mol. The Bertz CT molecular complexity index is 403. The highest BCUT2D eigenvalue weighted by Crippen LogP contribution is 2.21. The van der Waals surface area contributed by atoms with Crippen molar-refractivity contribution in [3.8, 4) is 0 Å². The molecule has 61 valence electrons. The molecule has 0 bridgehead atoms. The molecule has 0 aliphatic carbocycles. The first-order chi connectivity index (χ1) is 5.81. The van der Waals surface area contributed by atoms with Gasteiger partial charge >= 0.3 is 0 Å². The third kappa shape index (κ3) is 0.998. The fourth-order valence-electron chi connectivity index (χ4n) is 1.25. The molecule has 2 rings (SSSR count). The van der Waals surface area contributed by atoms with Crippen LogP contribution in [-0.2, 0) is 6.42 Å².